The van der Waals surface area contributed by atoms with Crippen molar-refractivity contribution in [1.29, 1.82) is 0 Å². The molecule has 7 heteroatoms. The Morgan fingerprint density at radius 2 is 1.84 bits per heavy atom. The lowest BCUT2D eigenvalue weighted by atomic mass is 9.92. The van der Waals surface area contributed by atoms with E-state index in [-0.39, 0.29) is 6.61 Å². The van der Waals surface area contributed by atoms with E-state index in [9.17, 15) is 18.0 Å². The van der Waals surface area contributed by atoms with Gasteiger partial charge in [0.2, 0.25) is 5.91 Å². The molecule has 4 nitrogen and oxygen atoms in total. The molecule has 1 aliphatic rings. The summed E-state index contributed by atoms with van der Waals surface area (Å²) in [5.41, 5.74) is 6.51. The maximum Gasteiger partial charge on any atom is 0.433 e. The minimum atomic E-state index is -4.48. The van der Waals surface area contributed by atoms with Gasteiger partial charge in [-0.15, -0.1) is 0 Å². The minimum absolute atomic E-state index is 0.0177. The van der Waals surface area contributed by atoms with Gasteiger partial charge in [0.05, 0.1) is 0 Å². The van der Waals surface area contributed by atoms with E-state index in [1.165, 1.54) is 12.1 Å². The summed E-state index contributed by atoms with van der Waals surface area (Å²) in [6.07, 6.45) is -1.44. The molecule has 1 aromatic heterocycles. The zero-order chi connectivity index (χ0) is 18.0. The Hall–Kier alpha value is -2.57. The summed E-state index contributed by atoms with van der Waals surface area (Å²) in [6.45, 7) is 0.0177. The largest absolute Gasteiger partial charge is 0.489 e. The molecule has 0 aliphatic heterocycles. The maximum atomic E-state index is 13.1. The van der Waals surface area contributed by atoms with E-state index in [2.05, 4.69) is 4.98 Å². The zero-order valence-electron chi connectivity index (χ0n) is 13.4. The van der Waals surface area contributed by atoms with Crippen molar-refractivity contribution in [3.05, 3.63) is 58.4 Å². The topological polar surface area (TPSA) is 65.2 Å². The third-order valence-electron chi connectivity index (χ3n) is 4.22. The van der Waals surface area contributed by atoms with Crippen LogP contribution in [-0.4, -0.2) is 10.9 Å². The number of benzene rings is 1. The fraction of sp³-hybridized carbons (Fsp3) is 0.333. The SMILES string of the molecule is NC(=O)c1ccc(OCc2cc(C(F)(F)F)nc3c2CCCC3)cc1. The van der Waals surface area contributed by atoms with Crippen LogP contribution in [0.25, 0.3) is 0 Å². The van der Waals surface area contributed by atoms with E-state index in [1.54, 1.807) is 12.1 Å². The number of halogens is 3. The van der Waals surface area contributed by atoms with Gasteiger partial charge in [0.1, 0.15) is 18.1 Å². The van der Waals surface area contributed by atoms with Gasteiger partial charge in [-0.2, -0.15) is 13.2 Å². The molecule has 25 heavy (non-hydrogen) atoms. The lowest BCUT2D eigenvalue weighted by molar-refractivity contribution is -0.141. The molecule has 1 aliphatic carbocycles. The van der Waals surface area contributed by atoms with Gasteiger partial charge in [-0.25, -0.2) is 4.98 Å². The summed E-state index contributed by atoms with van der Waals surface area (Å²) in [7, 11) is 0. The summed E-state index contributed by atoms with van der Waals surface area (Å²) in [5, 5.41) is 0. The van der Waals surface area contributed by atoms with E-state index < -0.39 is 17.8 Å². The molecule has 2 aromatic rings. The maximum absolute atomic E-state index is 13.1. The van der Waals surface area contributed by atoms with Crippen LogP contribution in [0.4, 0.5) is 13.2 Å². The number of rotatable bonds is 4. The summed E-state index contributed by atoms with van der Waals surface area (Å²) >= 11 is 0. The third-order valence-corrected chi connectivity index (χ3v) is 4.22. The van der Waals surface area contributed by atoms with Crippen molar-refractivity contribution in [3.63, 3.8) is 0 Å². The summed E-state index contributed by atoms with van der Waals surface area (Å²) in [5.74, 6) is -0.0931. The third kappa shape index (κ3) is 3.92. The first-order valence-electron chi connectivity index (χ1n) is 7.96. The Balaban J connectivity index is 1.84. The number of hydrogen-bond donors (Lipinski definition) is 1. The predicted molar refractivity (Wildman–Crippen MR) is 85.2 cm³/mol. The van der Waals surface area contributed by atoms with Gasteiger partial charge >= 0.3 is 6.18 Å². The second kappa shape index (κ2) is 6.74. The van der Waals surface area contributed by atoms with Crippen LogP contribution in [-0.2, 0) is 25.6 Å². The van der Waals surface area contributed by atoms with Gasteiger partial charge in [0, 0.05) is 11.3 Å². The molecular formula is C18H17F3N2O2. The number of nitrogens with zero attached hydrogens (tertiary/aromatic N) is 1. The highest BCUT2D eigenvalue weighted by Gasteiger charge is 2.34. The highest BCUT2D eigenvalue weighted by Crippen LogP contribution is 2.32. The molecule has 0 unspecified atom stereocenters. The number of carbonyl (C=O) groups is 1. The smallest absolute Gasteiger partial charge is 0.433 e. The first-order chi connectivity index (χ1) is 11.8. The Kier molecular flexibility index (Phi) is 4.65. The molecule has 0 bridgehead atoms. The monoisotopic (exact) mass is 350 g/mol. The predicted octanol–water partition coefficient (Wildman–Crippen LogP) is 3.66. The normalized spacial score (nSPS) is 14.0. The van der Waals surface area contributed by atoms with E-state index >= 15 is 0 Å². The first kappa shape index (κ1) is 17.3. The zero-order valence-corrected chi connectivity index (χ0v) is 13.4. The molecule has 0 fully saturated rings. The molecule has 2 N–H and O–H groups in total. The van der Waals surface area contributed by atoms with Crippen LogP contribution in [0, 0.1) is 0 Å². The number of pyridine rings is 1. The summed E-state index contributed by atoms with van der Waals surface area (Å²) in [4.78, 5) is 14.9. The van der Waals surface area contributed by atoms with Crippen LogP contribution in [0.3, 0.4) is 0 Å². The lowest BCUT2D eigenvalue weighted by Crippen LogP contribution is -2.17. The fourth-order valence-electron chi connectivity index (χ4n) is 2.94. The number of carbonyl (C=O) groups excluding carboxylic acids is 1. The number of aryl methyl sites for hydroxylation is 1. The number of alkyl halides is 3. The number of hydrogen-bond acceptors (Lipinski definition) is 3. The number of ether oxygens (including phenoxy) is 1. The molecule has 0 radical (unpaired) electrons. The van der Waals surface area contributed by atoms with Gasteiger partial charge < -0.3 is 10.5 Å². The molecule has 0 saturated carbocycles. The molecule has 1 heterocycles. The highest BCUT2D eigenvalue weighted by molar-refractivity contribution is 5.92. The Labute approximate surface area is 142 Å². The van der Waals surface area contributed by atoms with Crippen molar-refractivity contribution in [2.24, 2.45) is 5.73 Å². The van der Waals surface area contributed by atoms with Crippen molar-refractivity contribution in [1.82, 2.24) is 4.98 Å². The lowest BCUT2D eigenvalue weighted by Gasteiger charge is -2.21. The Bertz CT molecular complexity index is 786. The van der Waals surface area contributed by atoms with Gasteiger partial charge in [-0.1, -0.05) is 0 Å². The molecule has 1 amide bonds. The standard InChI is InChI=1S/C18H17F3N2O2/c19-18(20,21)16-9-12(14-3-1-2-4-15(14)23-16)10-25-13-7-5-11(6-8-13)17(22)24/h5-9H,1-4,10H2,(H2,22,24). The number of fused-ring (bicyclic) bond motifs is 1. The van der Waals surface area contributed by atoms with E-state index in [1.807, 2.05) is 0 Å². The molecule has 0 spiro atoms. The van der Waals surface area contributed by atoms with Crippen LogP contribution in [0.5, 0.6) is 5.75 Å². The Morgan fingerprint density at radius 1 is 1.16 bits per heavy atom. The second-order valence-electron chi connectivity index (χ2n) is 5.97. The molecule has 132 valence electrons. The van der Waals surface area contributed by atoms with Crippen molar-refractivity contribution in [2.45, 2.75) is 38.5 Å². The van der Waals surface area contributed by atoms with Crippen molar-refractivity contribution in [2.75, 3.05) is 0 Å². The van der Waals surface area contributed by atoms with E-state index in [0.717, 1.165) is 24.5 Å². The summed E-state index contributed by atoms with van der Waals surface area (Å²) < 4.78 is 44.8. The van der Waals surface area contributed by atoms with E-state index in [4.69, 9.17) is 10.5 Å². The van der Waals surface area contributed by atoms with Crippen molar-refractivity contribution >= 4 is 5.91 Å². The number of nitrogens with two attached hydrogens (primary N) is 1. The number of primary amides is 1. The van der Waals surface area contributed by atoms with Crippen LogP contribution in [0.1, 0.15) is 45.7 Å². The number of aromatic nitrogens is 1. The van der Waals surface area contributed by atoms with Gasteiger partial charge in [-0.3, -0.25) is 4.79 Å². The van der Waals surface area contributed by atoms with Crippen LogP contribution in [0.2, 0.25) is 0 Å². The van der Waals surface area contributed by atoms with Crippen LogP contribution in [0.15, 0.2) is 30.3 Å². The van der Waals surface area contributed by atoms with Crippen molar-refractivity contribution < 1.29 is 22.7 Å². The van der Waals surface area contributed by atoms with Crippen molar-refractivity contribution in [3.8, 4) is 5.75 Å². The first-order valence-corrected chi connectivity index (χ1v) is 7.96. The summed E-state index contributed by atoms with van der Waals surface area (Å²) in [6, 6.07) is 7.24. The van der Waals surface area contributed by atoms with E-state index in [0.29, 0.717) is 35.4 Å². The molecule has 0 atom stereocenters. The molecule has 3 rings (SSSR count). The minimum Gasteiger partial charge on any atom is -0.489 e. The second-order valence-corrected chi connectivity index (χ2v) is 5.97. The highest BCUT2D eigenvalue weighted by atomic mass is 19.4. The van der Waals surface area contributed by atoms with Crippen LogP contribution >= 0.6 is 0 Å². The van der Waals surface area contributed by atoms with Gasteiger partial charge in [-0.05, 0) is 67.1 Å². The quantitative estimate of drug-likeness (QED) is 0.915. The molecule has 1 aromatic carbocycles. The fourth-order valence-corrected chi connectivity index (χ4v) is 2.94. The molecule has 0 saturated heterocycles. The van der Waals surface area contributed by atoms with Gasteiger partial charge in [0.25, 0.3) is 0 Å². The molecular weight excluding hydrogens is 333 g/mol. The Morgan fingerprint density at radius 3 is 2.48 bits per heavy atom. The van der Waals surface area contributed by atoms with Crippen LogP contribution < -0.4 is 10.5 Å². The average molecular weight is 350 g/mol. The number of amides is 1. The average Bonchev–Trinajstić information content (AvgIpc) is 2.59. The van der Waals surface area contributed by atoms with Gasteiger partial charge in [0.15, 0.2) is 0 Å².